The van der Waals surface area contributed by atoms with Crippen molar-refractivity contribution in [3.63, 3.8) is 0 Å². The van der Waals surface area contributed by atoms with Crippen molar-refractivity contribution >= 4 is 29.4 Å². The molecule has 36 heavy (non-hydrogen) atoms. The lowest BCUT2D eigenvalue weighted by Crippen LogP contribution is -2.35. The lowest BCUT2D eigenvalue weighted by Gasteiger charge is -2.19. The maximum atomic E-state index is 12.3. The first-order valence-electron chi connectivity index (χ1n) is 9.94. The van der Waals surface area contributed by atoms with E-state index in [0.29, 0.717) is 0 Å². The molecule has 0 aromatic carbocycles. The second-order valence-electron chi connectivity index (χ2n) is 7.28. The number of amides is 1. The maximum Gasteiger partial charge on any atom is 0.490 e. The number of phosphoric acid groups is 3. The first-order valence-corrected chi connectivity index (χ1v) is 14.5. The molecular weight excluding hydrogens is 557 g/mol. The normalized spacial score (nSPS) is 23.7. The van der Waals surface area contributed by atoms with E-state index in [9.17, 15) is 38.1 Å². The number of aromatic nitrogens is 2. The number of aryl methyl sites for hydroxylation is 1. The van der Waals surface area contributed by atoms with Gasteiger partial charge in [-0.2, -0.15) is 8.62 Å². The molecule has 0 radical (unpaired) electrons. The maximum absolute atomic E-state index is 12.3. The van der Waals surface area contributed by atoms with Crippen LogP contribution in [0.2, 0.25) is 0 Å². The van der Waals surface area contributed by atoms with Crippen molar-refractivity contribution in [1.82, 2.24) is 14.9 Å². The summed E-state index contributed by atoms with van der Waals surface area (Å²) in [5.74, 6) is -0.390. The number of hydrogen-bond acceptors (Lipinski definition) is 12. The van der Waals surface area contributed by atoms with E-state index in [2.05, 4.69) is 18.5 Å². The van der Waals surface area contributed by atoms with Crippen molar-refractivity contribution in [2.24, 2.45) is 5.73 Å². The van der Waals surface area contributed by atoms with E-state index in [1.54, 1.807) is 0 Å². The Morgan fingerprint density at radius 1 is 1.19 bits per heavy atom. The van der Waals surface area contributed by atoms with Crippen LogP contribution in [0.15, 0.2) is 15.8 Å². The Balaban J connectivity index is 2.05. The number of hydrogen-bond donors (Lipinski definition) is 8. The smallest absolute Gasteiger partial charge is 0.390 e. The molecule has 1 aliphatic rings. The van der Waals surface area contributed by atoms with Gasteiger partial charge < -0.3 is 40.5 Å². The van der Waals surface area contributed by atoms with Crippen LogP contribution in [-0.4, -0.2) is 72.0 Å². The van der Waals surface area contributed by atoms with Gasteiger partial charge in [0, 0.05) is 38.7 Å². The minimum atomic E-state index is -5.73. The average molecular weight is 582 g/mol. The summed E-state index contributed by atoms with van der Waals surface area (Å²) < 4.78 is 51.9. The fourth-order valence-electron chi connectivity index (χ4n) is 2.99. The van der Waals surface area contributed by atoms with Crippen LogP contribution in [0.25, 0.3) is 0 Å². The van der Waals surface area contributed by atoms with Crippen LogP contribution in [0.5, 0.6) is 0 Å². The third kappa shape index (κ3) is 9.72. The molecule has 19 nitrogen and oxygen atoms in total. The van der Waals surface area contributed by atoms with E-state index >= 15 is 0 Å². The molecule has 1 amide bonds. The lowest BCUT2D eigenvalue weighted by molar-refractivity contribution is -0.121. The standard InChI is InChI=1S/C14H25N4O15P3/c15-2-3-16-12(20)1-4-18-6-8(13(21)17-14(18)22)10-5-9(19)11(31-10)7-30-35(26,27)33-36(28,29)32-34(23,24)25/h6,9-11,19H,1-5,7,15H2,(H,16,20)(H,26,27)(H,28,29)(H,17,21,22)(H2,23,24,25)/t9-,10+,11+/m0/s1. The van der Waals surface area contributed by atoms with Gasteiger partial charge in [-0.3, -0.25) is 23.7 Å². The Morgan fingerprint density at radius 3 is 2.47 bits per heavy atom. The number of rotatable bonds is 13. The summed E-state index contributed by atoms with van der Waals surface area (Å²) in [6.07, 6.45) is -3.10. The Hall–Kier alpha value is -1.56. The second-order valence-corrected chi connectivity index (χ2v) is 11.7. The number of aliphatic hydroxyl groups excluding tert-OH is 1. The van der Waals surface area contributed by atoms with Crippen molar-refractivity contribution < 1.29 is 61.1 Å². The molecule has 1 aromatic heterocycles. The van der Waals surface area contributed by atoms with Crippen LogP contribution in [0.3, 0.4) is 0 Å². The van der Waals surface area contributed by atoms with Crippen LogP contribution in [0.1, 0.15) is 24.5 Å². The predicted octanol–water partition coefficient (Wildman–Crippen LogP) is -2.46. The van der Waals surface area contributed by atoms with Gasteiger partial charge in [-0.25, -0.2) is 18.5 Å². The Bertz CT molecular complexity index is 1190. The summed E-state index contributed by atoms with van der Waals surface area (Å²) in [7, 11) is -16.7. The Kier molecular flexibility index (Phi) is 10.5. The van der Waals surface area contributed by atoms with Gasteiger partial charge in [-0.1, -0.05) is 0 Å². The van der Waals surface area contributed by atoms with E-state index in [1.165, 1.54) is 0 Å². The van der Waals surface area contributed by atoms with Crippen LogP contribution in [0, 0.1) is 0 Å². The van der Waals surface area contributed by atoms with E-state index in [4.69, 9.17) is 25.2 Å². The van der Waals surface area contributed by atoms with Crippen molar-refractivity contribution in [1.29, 1.82) is 0 Å². The van der Waals surface area contributed by atoms with Gasteiger partial charge in [0.05, 0.1) is 24.4 Å². The monoisotopic (exact) mass is 582 g/mol. The van der Waals surface area contributed by atoms with Crippen molar-refractivity contribution in [3.05, 3.63) is 32.6 Å². The summed E-state index contributed by atoms with van der Waals surface area (Å²) >= 11 is 0. The molecule has 1 aliphatic heterocycles. The molecule has 0 aliphatic carbocycles. The highest BCUT2D eigenvalue weighted by atomic mass is 31.3. The number of carbonyl (C=O) groups is 1. The fraction of sp³-hybridized carbons (Fsp3) is 0.643. The van der Waals surface area contributed by atoms with E-state index in [0.717, 1.165) is 10.8 Å². The van der Waals surface area contributed by atoms with Crippen LogP contribution in [0.4, 0.5) is 0 Å². The van der Waals surface area contributed by atoms with E-state index < -0.39 is 59.6 Å². The molecule has 22 heteroatoms. The highest BCUT2D eigenvalue weighted by Crippen LogP contribution is 2.66. The number of nitrogens with zero attached hydrogens (tertiary/aromatic N) is 1. The quantitative estimate of drug-likeness (QED) is 0.112. The largest absolute Gasteiger partial charge is 0.490 e. The molecule has 206 valence electrons. The molecule has 1 aromatic rings. The van der Waals surface area contributed by atoms with Gasteiger partial charge in [0.1, 0.15) is 6.10 Å². The number of ether oxygens (including phenoxy) is 1. The van der Waals surface area contributed by atoms with Crippen molar-refractivity contribution in [2.75, 3.05) is 19.7 Å². The summed E-state index contributed by atoms with van der Waals surface area (Å²) in [6.45, 7) is -0.580. The molecule has 2 rings (SSSR count). The number of nitrogens with one attached hydrogen (secondary N) is 2. The molecule has 0 spiro atoms. The van der Waals surface area contributed by atoms with Crippen LogP contribution in [-0.2, 0) is 42.9 Å². The third-order valence-corrected chi connectivity index (χ3v) is 8.28. The number of phosphoric ester groups is 1. The molecule has 5 atom stereocenters. The van der Waals surface area contributed by atoms with Gasteiger partial charge >= 0.3 is 29.2 Å². The molecule has 1 fully saturated rings. The summed E-state index contributed by atoms with van der Waals surface area (Å²) in [5, 5.41) is 12.7. The molecule has 2 heterocycles. The van der Waals surface area contributed by atoms with Crippen LogP contribution >= 0.6 is 23.5 Å². The van der Waals surface area contributed by atoms with Crippen molar-refractivity contribution in [2.45, 2.75) is 37.7 Å². The zero-order valence-corrected chi connectivity index (χ0v) is 20.9. The highest BCUT2D eigenvalue weighted by Gasteiger charge is 2.43. The number of nitrogens with two attached hydrogens (primary N) is 1. The zero-order chi connectivity index (χ0) is 27.3. The SMILES string of the molecule is NCCNC(=O)CCn1cc([C@H]2C[C@H](O)[C@@H](COP(=O)(O)OP(=O)(O)OP(=O)(O)O)O2)c(=O)[nH]c1=O. The Labute approximate surface area is 201 Å². The predicted molar refractivity (Wildman–Crippen MR) is 116 cm³/mol. The topological polar surface area (TPSA) is 299 Å². The number of H-pyrrole nitrogens is 1. The van der Waals surface area contributed by atoms with Gasteiger partial charge in [-0.05, 0) is 0 Å². The third-order valence-electron chi connectivity index (χ3n) is 4.47. The fourth-order valence-corrected chi connectivity index (χ4v) is 6.02. The molecule has 1 saturated heterocycles. The summed E-state index contributed by atoms with van der Waals surface area (Å²) in [4.78, 5) is 73.8. The molecule has 0 saturated carbocycles. The highest BCUT2D eigenvalue weighted by molar-refractivity contribution is 7.66. The molecule has 0 bridgehead atoms. The summed E-state index contributed by atoms with van der Waals surface area (Å²) in [6, 6.07) is 0. The average Bonchev–Trinajstić information content (AvgIpc) is 3.07. The molecular formula is C14H25N4O15P3. The lowest BCUT2D eigenvalue weighted by atomic mass is 10.1. The Morgan fingerprint density at radius 2 is 1.86 bits per heavy atom. The first kappa shape index (κ1) is 30.7. The van der Waals surface area contributed by atoms with Crippen molar-refractivity contribution in [3.8, 4) is 0 Å². The molecule has 9 N–H and O–H groups in total. The van der Waals surface area contributed by atoms with E-state index in [1.807, 2.05) is 4.98 Å². The zero-order valence-electron chi connectivity index (χ0n) is 18.2. The number of aliphatic hydroxyl groups is 1. The second kappa shape index (κ2) is 12.3. The summed E-state index contributed by atoms with van der Waals surface area (Å²) in [5.41, 5.74) is 3.51. The van der Waals surface area contributed by atoms with Gasteiger partial charge in [0.2, 0.25) is 5.91 Å². The van der Waals surface area contributed by atoms with Gasteiger partial charge in [0.15, 0.2) is 0 Å². The van der Waals surface area contributed by atoms with Crippen LogP contribution < -0.4 is 22.3 Å². The van der Waals surface area contributed by atoms with Gasteiger partial charge in [0.25, 0.3) is 5.56 Å². The molecule has 2 unspecified atom stereocenters. The van der Waals surface area contributed by atoms with Gasteiger partial charge in [-0.15, -0.1) is 0 Å². The first-order chi connectivity index (χ1) is 16.5. The number of aromatic amines is 1. The minimum Gasteiger partial charge on any atom is -0.390 e. The minimum absolute atomic E-state index is 0.107. The number of carbonyl (C=O) groups excluding carboxylic acids is 1. The van der Waals surface area contributed by atoms with E-state index in [-0.39, 0.29) is 43.9 Å².